The molecule has 0 bridgehead atoms. The Kier molecular flexibility index (Phi) is 6.25. The van der Waals surface area contributed by atoms with Crippen molar-refractivity contribution < 1.29 is 27.8 Å². The molecule has 0 saturated heterocycles. The van der Waals surface area contributed by atoms with Crippen LogP contribution in [0.4, 0.5) is 0 Å². The van der Waals surface area contributed by atoms with Crippen LogP contribution >= 0.6 is 0 Å². The molecule has 0 aliphatic rings. The molecule has 0 aliphatic carbocycles. The Bertz CT molecular complexity index is 3110. The third-order valence-corrected chi connectivity index (χ3v) is 12.6. The summed E-state index contributed by atoms with van der Waals surface area (Å²) in [6, 6.07) is 38.2. The van der Waals surface area contributed by atoms with Crippen LogP contribution < -0.4 is 24.9 Å². The Morgan fingerprint density at radius 1 is 0.593 bits per heavy atom. The summed E-state index contributed by atoms with van der Waals surface area (Å²) < 4.78 is 96.0. The largest absolute Gasteiger partial charge is 0.440 e. The first kappa shape index (κ1) is 23.6. The average molecular weight is 724 g/mol. The zero-order valence-corrected chi connectivity index (χ0v) is 29.6. The first-order valence-electron chi connectivity index (χ1n) is 22.1. The van der Waals surface area contributed by atoms with Gasteiger partial charge in [0.15, 0.2) is 5.82 Å². The minimum Gasteiger partial charge on any atom is -0.440 e. The van der Waals surface area contributed by atoms with Crippen LogP contribution in [0.15, 0.2) is 206 Å². The average Bonchev–Trinajstić information content (AvgIpc) is 3.71. The molecule has 0 atom stereocenters. The summed E-state index contributed by atoms with van der Waals surface area (Å²) in [5.74, 6) is 1.01. The van der Waals surface area contributed by atoms with E-state index in [1.165, 1.54) is 0 Å². The Hall–Kier alpha value is -6.86. The van der Waals surface area contributed by atoms with Crippen molar-refractivity contribution in [1.82, 2.24) is 9.55 Å². The first-order chi connectivity index (χ1) is 30.8. The highest BCUT2D eigenvalue weighted by Gasteiger charge is 2.38. The second-order valence-corrected chi connectivity index (χ2v) is 15.5. The Labute approximate surface area is 329 Å². The normalized spacial score (nSPS) is 14.0. The topological polar surface area (TPSA) is 51.2 Å². The predicted octanol–water partition coefficient (Wildman–Crippen LogP) is 8.19. The fourth-order valence-electron chi connectivity index (χ4n) is 6.70. The Balaban J connectivity index is 1.22. The number of pyridine rings is 1. The minimum atomic E-state index is -3.46. The van der Waals surface area contributed by atoms with Crippen LogP contribution in [-0.4, -0.2) is 22.7 Å². The quantitative estimate of drug-likeness (QED) is 0.0708. The summed E-state index contributed by atoms with van der Waals surface area (Å²) in [6.45, 7) is 0. The maximum absolute atomic E-state index is 12.6. The number of hydrogen-bond donors (Lipinski definition) is 1. The van der Waals surface area contributed by atoms with Gasteiger partial charge in [-0.2, -0.15) is 0 Å². The number of benzene rings is 7. The van der Waals surface area contributed by atoms with E-state index in [-0.39, 0.29) is 33.8 Å². The molecular weight excluding hydrogens is 679 g/mol. The van der Waals surface area contributed by atoms with E-state index in [1.54, 1.807) is 63.7 Å². The van der Waals surface area contributed by atoms with Gasteiger partial charge in [-0.1, -0.05) is 182 Å². The highest BCUT2D eigenvalue weighted by atomic mass is 28.4. The number of hydrogen-bond acceptors (Lipinski definition) is 3. The van der Waals surface area contributed by atoms with Gasteiger partial charge in [-0.15, -0.1) is 0 Å². The maximum Gasteiger partial charge on any atom is 0.285 e. The van der Waals surface area contributed by atoms with Crippen molar-refractivity contribution in [3.05, 3.63) is 212 Å². The van der Waals surface area contributed by atoms with E-state index in [0.29, 0.717) is 27.8 Å². The van der Waals surface area contributed by atoms with Crippen molar-refractivity contribution in [2.75, 3.05) is 0 Å². The number of para-hydroxylation sites is 3. The number of nitrogens with zero attached hydrogens (tertiary/aromatic N) is 3. The molecule has 9 aromatic rings. The van der Waals surface area contributed by atoms with Crippen LogP contribution in [0.1, 0.15) is 13.7 Å². The van der Waals surface area contributed by atoms with Gasteiger partial charge in [0.1, 0.15) is 5.75 Å². The summed E-state index contributed by atoms with van der Waals surface area (Å²) in [4.78, 5) is 17.5. The molecule has 2 heterocycles. The molecule has 5 nitrogen and oxygen atoms in total. The lowest BCUT2D eigenvalue weighted by Gasteiger charge is -2.27. The van der Waals surface area contributed by atoms with Crippen molar-refractivity contribution in [2.45, 2.75) is 0 Å². The highest BCUT2D eigenvalue weighted by Crippen LogP contribution is 2.34. The van der Waals surface area contributed by atoms with Gasteiger partial charge in [0, 0.05) is 0 Å². The molecule has 0 saturated carbocycles. The van der Waals surface area contributed by atoms with E-state index < -0.39 is 68.7 Å². The number of fused-ring (bicyclic) bond motifs is 1. The second-order valence-electron chi connectivity index (χ2n) is 12.4. The van der Waals surface area contributed by atoms with Gasteiger partial charge >= 0.3 is 0 Å². The lowest BCUT2D eigenvalue weighted by Crippen LogP contribution is -2.67. The molecule has 0 aliphatic heterocycles. The van der Waals surface area contributed by atoms with E-state index in [1.807, 2.05) is 91.0 Å². The van der Waals surface area contributed by atoms with Crippen LogP contribution in [-0.2, 0) is 0 Å². The molecule has 54 heavy (non-hydrogen) atoms. The van der Waals surface area contributed by atoms with E-state index in [9.17, 15) is 4.80 Å². The van der Waals surface area contributed by atoms with Gasteiger partial charge in [0.05, 0.1) is 30.4 Å². The molecule has 0 spiro atoms. The van der Waals surface area contributed by atoms with Crippen molar-refractivity contribution in [2.24, 2.45) is 0 Å². The Morgan fingerprint density at radius 3 is 1.80 bits per heavy atom. The molecular formula is C48H35N3O2Si. The van der Waals surface area contributed by atoms with E-state index in [0.717, 1.165) is 10.4 Å². The number of imidazole rings is 1. The lowest BCUT2D eigenvalue weighted by atomic mass is 9.95. The monoisotopic (exact) mass is 723 g/mol. The second kappa shape index (κ2) is 14.3. The highest BCUT2D eigenvalue weighted by molar-refractivity contribution is 7.06. The number of rotatable bonds is 9. The van der Waals surface area contributed by atoms with Crippen LogP contribution in [0.25, 0.3) is 44.8 Å². The van der Waals surface area contributed by atoms with E-state index >= 15 is 0 Å². The van der Waals surface area contributed by atoms with Crippen molar-refractivity contribution in [3.8, 4) is 45.4 Å². The standard InChI is InChI=1S/C48H35N3O2Si/c52-54(39-23-9-3-10-24-39,40-25-11-4-12-26-40)41-27-15-22-38(34-41)53-47-33-17-32-46(49-47)50-35-51(45-31-14-13-30-44(45)50)48-42(36-18-5-1-6-19-36)28-16-29-43(48)37-20-7-2-8-21-37/h1-34,52H/i1D,2D,5D,6D,7D,8D,18D,19D,20D,21D. The third-order valence-electron chi connectivity index (χ3n) is 9.16. The van der Waals surface area contributed by atoms with Crippen LogP contribution in [0.3, 0.4) is 0 Å². The predicted molar refractivity (Wildman–Crippen MR) is 219 cm³/mol. The van der Waals surface area contributed by atoms with Gasteiger partial charge < -0.3 is 9.53 Å². The zero-order valence-electron chi connectivity index (χ0n) is 38.6. The molecule has 0 amide bonds. The SMILES string of the molecule is [2H]c1c([2H])c([2H])c(-c2cccc(-c3c([2H])c([2H])c([2H])c([2H])c3[2H])c2-[n+]2[c-]n(-c3cccc(Oc4cccc([Si](O)(c5ccccc5)c5ccccc5)c4)n3)c3ccccc32)c([2H])c1[2H]. The van der Waals surface area contributed by atoms with Crippen molar-refractivity contribution in [1.29, 1.82) is 0 Å². The molecule has 6 heteroatoms. The van der Waals surface area contributed by atoms with Crippen LogP contribution in [0, 0.1) is 6.33 Å². The van der Waals surface area contributed by atoms with Crippen LogP contribution in [0.2, 0.25) is 0 Å². The van der Waals surface area contributed by atoms with Crippen LogP contribution in [0.5, 0.6) is 11.6 Å². The van der Waals surface area contributed by atoms with Crippen molar-refractivity contribution in [3.63, 3.8) is 0 Å². The summed E-state index contributed by atoms with van der Waals surface area (Å²) in [7, 11) is -3.46. The molecule has 258 valence electrons. The molecule has 2 aromatic heterocycles. The molecule has 0 unspecified atom stereocenters. The van der Waals surface area contributed by atoms with E-state index in [2.05, 4.69) is 6.33 Å². The summed E-state index contributed by atoms with van der Waals surface area (Å²) in [6.07, 6.45) is 3.34. The molecule has 9 rings (SSSR count). The molecule has 7 aromatic carbocycles. The fraction of sp³-hybridized carbons (Fsp3) is 0. The summed E-state index contributed by atoms with van der Waals surface area (Å²) >= 11 is 0. The van der Waals surface area contributed by atoms with Gasteiger partial charge in [-0.3, -0.25) is 9.13 Å². The van der Waals surface area contributed by atoms with Gasteiger partial charge in [0.2, 0.25) is 5.88 Å². The minimum absolute atomic E-state index is 0.130. The van der Waals surface area contributed by atoms with Gasteiger partial charge in [-0.25, -0.2) is 4.98 Å². The molecule has 0 fully saturated rings. The molecule has 1 N–H and O–H groups in total. The van der Waals surface area contributed by atoms with Gasteiger partial charge in [0.25, 0.3) is 14.6 Å². The fourth-order valence-corrected chi connectivity index (χ4v) is 9.74. The number of ether oxygens (including phenoxy) is 1. The van der Waals surface area contributed by atoms with E-state index in [4.69, 9.17) is 23.4 Å². The first-order valence-corrected chi connectivity index (χ1v) is 19.1. The smallest absolute Gasteiger partial charge is 0.285 e. The van der Waals surface area contributed by atoms with Crippen molar-refractivity contribution >= 4 is 34.9 Å². The Morgan fingerprint density at radius 2 is 1.15 bits per heavy atom. The number of aromatic nitrogens is 3. The zero-order chi connectivity index (χ0) is 45.0. The lowest BCUT2D eigenvalue weighted by molar-refractivity contribution is -0.571. The third kappa shape index (κ3) is 6.09. The summed E-state index contributed by atoms with van der Waals surface area (Å²) in [5.41, 5.74) is 1.17. The van der Waals surface area contributed by atoms with Gasteiger partial charge in [-0.05, 0) is 62.1 Å². The summed E-state index contributed by atoms with van der Waals surface area (Å²) in [5, 5.41) is 2.33. The molecule has 0 radical (unpaired) electrons. The maximum atomic E-state index is 12.6.